The van der Waals surface area contributed by atoms with Crippen LogP contribution in [-0.2, 0) is 9.53 Å². The summed E-state index contributed by atoms with van der Waals surface area (Å²) >= 11 is 0. The third-order valence-electron chi connectivity index (χ3n) is 4.39. The molecule has 0 radical (unpaired) electrons. The number of carbonyl (C=O) groups is 1. The third-order valence-corrected chi connectivity index (χ3v) is 4.39. The Morgan fingerprint density at radius 1 is 1.50 bits per heavy atom. The van der Waals surface area contributed by atoms with Crippen molar-refractivity contribution < 1.29 is 14.6 Å². The molecule has 1 saturated carbocycles. The predicted octanol–water partition coefficient (Wildman–Crippen LogP) is 1.86. The molecule has 18 heavy (non-hydrogen) atoms. The van der Waals surface area contributed by atoms with E-state index in [4.69, 9.17) is 4.74 Å². The number of rotatable bonds is 5. The van der Waals surface area contributed by atoms with Crippen molar-refractivity contribution in [3.05, 3.63) is 0 Å². The van der Waals surface area contributed by atoms with Crippen molar-refractivity contribution in [3.8, 4) is 0 Å². The second-order valence-electron chi connectivity index (χ2n) is 5.88. The fourth-order valence-electron chi connectivity index (χ4n) is 2.31. The molecule has 2 N–H and O–H groups in total. The summed E-state index contributed by atoms with van der Waals surface area (Å²) in [7, 11) is 1.54. The van der Waals surface area contributed by atoms with E-state index in [-0.39, 0.29) is 5.91 Å². The molecular weight excluding hydrogens is 230 g/mol. The van der Waals surface area contributed by atoms with Gasteiger partial charge in [-0.2, -0.15) is 0 Å². The first-order chi connectivity index (χ1) is 8.35. The van der Waals surface area contributed by atoms with Gasteiger partial charge in [-0.3, -0.25) is 4.79 Å². The number of methoxy groups -OCH3 is 1. The van der Waals surface area contributed by atoms with E-state index in [2.05, 4.69) is 12.2 Å². The zero-order chi connectivity index (χ0) is 13.8. The Bertz CT molecular complexity index is 279. The fourth-order valence-corrected chi connectivity index (χ4v) is 2.31. The third kappa shape index (κ3) is 3.69. The number of hydrogen-bond acceptors (Lipinski definition) is 3. The van der Waals surface area contributed by atoms with Gasteiger partial charge in [0, 0.05) is 13.7 Å². The van der Waals surface area contributed by atoms with Crippen molar-refractivity contribution in [1.29, 1.82) is 0 Å². The smallest absolute Gasteiger partial charge is 0.252 e. The van der Waals surface area contributed by atoms with Gasteiger partial charge < -0.3 is 15.2 Å². The molecule has 0 spiro atoms. The summed E-state index contributed by atoms with van der Waals surface area (Å²) in [5, 5.41) is 13.2. The monoisotopic (exact) mass is 257 g/mol. The van der Waals surface area contributed by atoms with Crippen molar-refractivity contribution in [3.63, 3.8) is 0 Å². The van der Waals surface area contributed by atoms with Crippen molar-refractivity contribution in [2.24, 2.45) is 5.92 Å². The first-order valence-corrected chi connectivity index (χ1v) is 6.91. The van der Waals surface area contributed by atoms with Crippen LogP contribution in [0.3, 0.4) is 0 Å². The molecule has 1 aliphatic rings. The minimum atomic E-state index is -0.793. The molecule has 0 aromatic carbocycles. The summed E-state index contributed by atoms with van der Waals surface area (Å²) in [4.78, 5) is 12.0. The van der Waals surface area contributed by atoms with Crippen molar-refractivity contribution in [2.75, 3.05) is 13.7 Å². The molecule has 1 atom stereocenters. The number of amides is 1. The first-order valence-electron chi connectivity index (χ1n) is 6.91. The Morgan fingerprint density at radius 2 is 2.06 bits per heavy atom. The van der Waals surface area contributed by atoms with Gasteiger partial charge >= 0.3 is 0 Å². The van der Waals surface area contributed by atoms with Crippen LogP contribution in [0.4, 0.5) is 0 Å². The van der Waals surface area contributed by atoms with E-state index < -0.39 is 11.2 Å². The van der Waals surface area contributed by atoms with Gasteiger partial charge in [-0.05, 0) is 44.9 Å². The second-order valence-corrected chi connectivity index (χ2v) is 5.88. The van der Waals surface area contributed by atoms with E-state index in [1.54, 1.807) is 14.0 Å². The largest absolute Gasteiger partial charge is 0.388 e. The Balaban J connectivity index is 2.47. The van der Waals surface area contributed by atoms with Gasteiger partial charge in [0.2, 0.25) is 0 Å². The highest BCUT2D eigenvalue weighted by atomic mass is 16.5. The SMILES string of the molecule is CCC(C)(OC)C(=O)NCC1(O)CCC(C)CC1. The molecule has 1 aliphatic carbocycles. The Labute approximate surface area is 110 Å². The molecule has 4 heteroatoms. The predicted molar refractivity (Wildman–Crippen MR) is 71.3 cm³/mol. The Kier molecular flexibility index (Phi) is 5.17. The van der Waals surface area contributed by atoms with Crippen molar-refractivity contribution in [1.82, 2.24) is 5.32 Å². The van der Waals surface area contributed by atoms with Gasteiger partial charge in [0.1, 0.15) is 5.60 Å². The highest BCUT2D eigenvalue weighted by Gasteiger charge is 2.35. The molecular formula is C14H27NO3. The number of hydrogen-bond donors (Lipinski definition) is 2. The first kappa shape index (κ1) is 15.4. The summed E-state index contributed by atoms with van der Waals surface area (Å²) < 4.78 is 5.24. The summed E-state index contributed by atoms with van der Waals surface area (Å²) in [6, 6.07) is 0. The second kappa shape index (κ2) is 6.02. The normalized spacial score (nSPS) is 31.7. The Hall–Kier alpha value is -0.610. The fraction of sp³-hybridized carbons (Fsp3) is 0.929. The number of nitrogens with one attached hydrogen (secondary N) is 1. The molecule has 1 rings (SSSR count). The van der Waals surface area contributed by atoms with Crippen LogP contribution in [0, 0.1) is 5.92 Å². The highest BCUT2D eigenvalue weighted by molar-refractivity contribution is 5.84. The molecule has 0 bridgehead atoms. The van der Waals surface area contributed by atoms with E-state index in [1.807, 2.05) is 6.92 Å². The van der Waals surface area contributed by atoms with Gasteiger partial charge in [0.25, 0.3) is 5.91 Å². The van der Waals surface area contributed by atoms with Gasteiger partial charge in [-0.25, -0.2) is 0 Å². The van der Waals surface area contributed by atoms with E-state index >= 15 is 0 Å². The average molecular weight is 257 g/mol. The van der Waals surface area contributed by atoms with Crippen LogP contribution in [0.25, 0.3) is 0 Å². The van der Waals surface area contributed by atoms with Gasteiger partial charge in [-0.1, -0.05) is 13.8 Å². The molecule has 0 heterocycles. The van der Waals surface area contributed by atoms with Crippen LogP contribution in [0.5, 0.6) is 0 Å². The number of ether oxygens (including phenoxy) is 1. The summed E-state index contributed by atoms with van der Waals surface area (Å²) in [5.74, 6) is 0.542. The van der Waals surface area contributed by atoms with Crippen LogP contribution in [0.1, 0.15) is 52.9 Å². The maximum atomic E-state index is 12.0. The number of carbonyl (C=O) groups excluding carboxylic acids is 1. The Morgan fingerprint density at radius 3 is 2.50 bits per heavy atom. The molecule has 1 unspecified atom stereocenters. The zero-order valence-corrected chi connectivity index (χ0v) is 12.1. The lowest BCUT2D eigenvalue weighted by molar-refractivity contribution is -0.143. The van der Waals surface area contributed by atoms with Gasteiger partial charge in [0.15, 0.2) is 0 Å². The minimum absolute atomic E-state index is 0.139. The summed E-state index contributed by atoms with van der Waals surface area (Å²) in [6.45, 7) is 6.23. The molecule has 0 aliphatic heterocycles. The van der Waals surface area contributed by atoms with Gasteiger partial charge in [0.05, 0.1) is 5.60 Å². The molecule has 1 amide bonds. The molecule has 4 nitrogen and oxygen atoms in total. The van der Waals surface area contributed by atoms with Crippen LogP contribution in [-0.4, -0.2) is 35.9 Å². The van der Waals surface area contributed by atoms with E-state index in [0.29, 0.717) is 18.9 Å². The molecule has 0 aromatic rings. The topological polar surface area (TPSA) is 58.6 Å². The highest BCUT2D eigenvalue weighted by Crippen LogP contribution is 2.31. The lowest BCUT2D eigenvalue weighted by Crippen LogP contribution is -2.51. The van der Waals surface area contributed by atoms with Gasteiger partial charge in [-0.15, -0.1) is 0 Å². The van der Waals surface area contributed by atoms with Crippen LogP contribution in [0.2, 0.25) is 0 Å². The van der Waals surface area contributed by atoms with E-state index in [9.17, 15) is 9.90 Å². The van der Waals surface area contributed by atoms with E-state index in [1.165, 1.54) is 0 Å². The average Bonchev–Trinajstić information content (AvgIpc) is 2.39. The zero-order valence-electron chi connectivity index (χ0n) is 12.1. The maximum absolute atomic E-state index is 12.0. The maximum Gasteiger partial charge on any atom is 0.252 e. The van der Waals surface area contributed by atoms with Crippen LogP contribution in [0.15, 0.2) is 0 Å². The molecule has 1 fully saturated rings. The van der Waals surface area contributed by atoms with Crippen molar-refractivity contribution >= 4 is 5.91 Å². The van der Waals surface area contributed by atoms with E-state index in [0.717, 1.165) is 25.7 Å². The summed E-state index contributed by atoms with van der Waals surface area (Å²) in [6.07, 6.45) is 4.21. The molecule has 106 valence electrons. The molecule has 0 aromatic heterocycles. The lowest BCUT2D eigenvalue weighted by atomic mass is 9.79. The lowest BCUT2D eigenvalue weighted by Gasteiger charge is -2.36. The number of aliphatic hydroxyl groups is 1. The standard InChI is InChI=1S/C14H27NO3/c1-5-13(3,18-4)12(16)15-10-14(17)8-6-11(2)7-9-14/h11,17H,5-10H2,1-4H3,(H,15,16). The summed E-state index contributed by atoms with van der Waals surface area (Å²) in [5.41, 5.74) is -1.52. The van der Waals surface area contributed by atoms with Crippen molar-refractivity contribution in [2.45, 2.75) is 64.1 Å². The minimum Gasteiger partial charge on any atom is -0.388 e. The quantitative estimate of drug-likeness (QED) is 0.790. The molecule has 0 saturated heterocycles. The van der Waals surface area contributed by atoms with Crippen LogP contribution >= 0.6 is 0 Å². The van der Waals surface area contributed by atoms with Crippen LogP contribution < -0.4 is 5.32 Å².